The van der Waals surface area contributed by atoms with Crippen LogP contribution in [0.2, 0.25) is 5.02 Å². The summed E-state index contributed by atoms with van der Waals surface area (Å²) < 4.78 is 41.5. The molecule has 0 aliphatic heterocycles. The second-order valence-electron chi connectivity index (χ2n) is 5.88. The Morgan fingerprint density at radius 3 is 2.50 bits per heavy atom. The van der Waals surface area contributed by atoms with Crippen LogP contribution in [-0.2, 0) is 18.8 Å². The lowest BCUT2D eigenvalue weighted by atomic mass is 10.1. The van der Waals surface area contributed by atoms with Crippen molar-refractivity contribution in [3.8, 4) is 0 Å². The summed E-state index contributed by atoms with van der Waals surface area (Å²) in [5, 5.41) is 12.9. The summed E-state index contributed by atoms with van der Waals surface area (Å²) in [6.07, 6.45) is -0.778. The van der Waals surface area contributed by atoms with Gasteiger partial charge in [0.05, 0.1) is 10.6 Å². The first-order valence-electron chi connectivity index (χ1n) is 7.26. The van der Waals surface area contributed by atoms with E-state index in [1.165, 1.54) is 6.33 Å². The van der Waals surface area contributed by atoms with Crippen molar-refractivity contribution >= 4 is 23.4 Å². The lowest BCUT2D eigenvalue weighted by Gasteiger charge is -2.23. The van der Waals surface area contributed by atoms with Gasteiger partial charge in [0, 0.05) is 13.2 Å². The van der Waals surface area contributed by atoms with E-state index in [1.54, 1.807) is 22.6 Å². The molecule has 0 radical (unpaired) electrons. The number of rotatable bonds is 4. The van der Waals surface area contributed by atoms with Gasteiger partial charge in [-0.1, -0.05) is 11.6 Å². The van der Waals surface area contributed by atoms with Crippen LogP contribution in [-0.4, -0.2) is 34.5 Å². The lowest BCUT2D eigenvalue weighted by Crippen LogP contribution is -2.31. The average Bonchev–Trinajstić information content (AvgIpc) is 3.19. The summed E-state index contributed by atoms with van der Waals surface area (Å²) in [7, 11) is 1.74. The minimum Gasteiger partial charge on any atom is -0.307 e. The van der Waals surface area contributed by atoms with E-state index in [2.05, 4.69) is 25.3 Å². The Kier molecular flexibility index (Phi) is 4.69. The minimum atomic E-state index is -4.50. The number of hydrogen-bond donors (Lipinski definition) is 0. The van der Waals surface area contributed by atoms with Crippen LogP contribution in [0.5, 0.6) is 0 Å². The van der Waals surface area contributed by atoms with Crippen LogP contribution in [0.4, 0.5) is 13.2 Å². The highest BCUT2D eigenvalue weighted by molar-refractivity contribution is 7.99. The molecule has 138 valence electrons. The molecule has 7 nitrogen and oxygen atoms in total. The Morgan fingerprint density at radius 2 is 1.92 bits per heavy atom. The van der Waals surface area contributed by atoms with Crippen molar-refractivity contribution in [1.82, 2.24) is 34.5 Å². The van der Waals surface area contributed by atoms with Crippen molar-refractivity contribution in [1.29, 1.82) is 0 Å². The Bertz CT molecular complexity index is 921. The standard InChI is InChI=1S/C14H13ClF3N7S/c1-13(2,25-7-19-6-21-25)11-22-23-12(24(11)3)26-10-9(15)4-8(5-20-10)14(16,17)18/h4-7H,1-3H3. The van der Waals surface area contributed by atoms with Crippen LogP contribution in [0.1, 0.15) is 25.2 Å². The maximum atomic E-state index is 12.7. The molecule has 26 heavy (non-hydrogen) atoms. The molecule has 3 rings (SSSR count). The third kappa shape index (κ3) is 3.40. The molecule has 0 N–H and O–H groups in total. The van der Waals surface area contributed by atoms with Crippen molar-refractivity contribution in [2.24, 2.45) is 7.05 Å². The molecule has 0 bridgehead atoms. The monoisotopic (exact) mass is 403 g/mol. The number of nitrogens with zero attached hydrogens (tertiary/aromatic N) is 7. The van der Waals surface area contributed by atoms with E-state index in [9.17, 15) is 13.2 Å². The van der Waals surface area contributed by atoms with E-state index in [0.29, 0.717) is 11.0 Å². The van der Waals surface area contributed by atoms with E-state index in [4.69, 9.17) is 11.6 Å². The van der Waals surface area contributed by atoms with Crippen molar-refractivity contribution in [2.75, 3.05) is 0 Å². The normalized spacial score (nSPS) is 12.6. The molecule has 3 heterocycles. The average molecular weight is 404 g/mol. The lowest BCUT2D eigenvalue weighted by molar-refractivity contribution is -0.137. The van der Waals surface area contributed by atoms with Crippen LogP contribution in [0, 0.1) is 0 Å². The van der Waals surface area contributed by atoms with Gasteiger partial charge in [-0.05, 0) is 31.7 Å². The van der Waals surface area contributed by atoms with Crippen LogP contribution >= 0.6 is 23.4 Å². The van der Waals surface area contributed by atoms with Gasteiger partial charge in [0.15, 0.2) is 11.0 Å². The Labute approximate surface area is 155 Å². The summed E-state index contributed by atoms with van der Waals surface area (Å²) in [5.74, 6) is 0.591. The Morgan fingerprint density at radius 1 is 1.19 bits per heavy atom. The fourth-order valence-electron chi connectivity index (χ4n) is 2.28. The van der Waals surface area contributed by atoms with Crippen LogP contribution in [0.3, 0.4) is 0 Å². The maximum absolute atomic E-state index is 12.7. The van der Waals surface area contributed by atoms with Gasteiger partial charge in [0.1, 0.15) is 23.2 Å². The van der Waals surface area contributed by atoms with Gasteiger partial charge in [-0.15, -0.1) is 10.2 Å². The second kappa shape index (κ2) is 6.54. The van der Waals surface area contributed by atoms with E-state index in [0.717, 1.165) is 24.0 Å². The first kappa shape index (κ1) is 18.6. The number of aromatic nitrogens is 7. The van der Waals surface area contributed by atoms with E-state index in [1.807, 2.05) is 13.8 Å². The zero-order valence-corrected chi connectivity index (χ0v) is 15.4. The smallest absolute Gasteiger partial charge is 0.307 e. The number of alkyl halides is 3. The molecule has 0 unspecified atom stereocenters. The number of pyridine rings is 1. The third-order valence-corrected chi connectivity index (χ3v) is 5.15. The molecule has 0 aromatic carbocycles. The Hall–Kier alpha value is -2.14. The van der Waals surface area contributed by atoms with Gasteiger partial charge in [-0.2, -0.15) is 18.3 Å². The first-order valence-corrected chi connectivity index (χ1v) is 8.45. The SMILES string of the molecule is Cn1c(Sc2ncc(C(F)(F)F)cc2Cl)nnc1C(C)(C)n1cncn1. The predicted octanol–water partition coefficient (Wildman–Crippen LogP) is 3.41. The molecule has 0 amide bonds. The molecular weight excluding hydrogens is 391 g/mol. The quantitative estimate of drug-likeness (QED) is 0.664. The largest absolute Gasteiger partial charge is 0.417 e. The van der Waals surface area contributed by atoms with Gasteiger partial charge < -0.3 is 4.57 Å². The summed E-state index contributed by atoms with van der Waals surface area (Å²) >= 11 is 6.98. The van der Waals surface area contributed by atoms with Crippen molar-refractivity contribution in [2.45, 2.75) is 35.7 Å². The summed E-state index contributed by atoms with van der Waals surface area (Å²) in [5.41, 5.74) is -1.54. The molecule has 0 aliphatic rings. The van der Waals surface area contributed by atoms with Gasteiger partial charge in [0.2, 0.25) is 0 Å². The fraction of sp³-hybridized carbons (Fsp3) is 0.357. The summed E-state index contributed by atoms with van der Waals surface area (Å²) in [6.45, 7) is 3.78. The number of hydrogen-bond acceptors (Lipinski definition) is 6. The Balaban J connectivity index is 1.90. The van der Waals surface area contributed by atoms with E-state index in [-0.39, 0.29) is 10.0 Å². The van der Waals surface area contributed by atoms with Crippen LogP contribution < -0.4 is 0 Å². The summed E-state index contributed by atoms with van der Waals surface area (Å²) in [6, 6.07) is 0.841. The number of halogens is 4. The van der Waals surface area contributed by atoms with Gasteiger partial charge in [-0.3, -0.25) is 0 Å². The third-order valence-electron chi connectivity index (χ3n) is 3.70. The molecule has 0 atom stereocenters. The first-order chi connectivity index (χ1) is 12.1. The molecule has 12 heteroatoms. The fourth-order valence-corrected chi connectivity index (χ4v) is 3.30. The molecular formula is C14H13ClF3N7S. The molecule has 0 spiro atoms. The maximum Gasteiger partial charge on any atom is 0.417 e. The second-order valence-corrected chi connectivity index (χ2v) is 7.24. The highest BCUT2D eigenvalue weighted by Gasteiger charge is 2.33. The molecule has 0 fully saturated rings. The van der Waals surface area contributed by atoms with Crippen molar-refractivity contribution < 1.29 is 13.2 Å². The molecule has 0 saturated heterocycles. The van der Waals surface area contributed by atoms with Gasteiger partial charge >= 0.3 is 6.18 Å². The topological polar surface area (TPSA) is 74.3 Å². The van der Waals surface area contributed by atoms with Gasteiger partial charge in [-0.25, -0.2) is 14.6 Å². The van der Waals surface area contributed by atoms with E-state index < -0.39 is 17.3 Å². The van der Waals surface area contributed by atoms with Crippen LogP contribution in [0.15, 0.2) is 35.1 Å². The van der Waals surface area contributed by atoms with Crippen molar-refractivity contribution in [3.63, 3.8) is 0 Å². The molecule has 0 aliphatic carbocycles. The molecule has 0 saturated carbocycles. The highest BCUT2D eigenvalue weighted by atomic mass is 35.5. The van der Waals surface area contributed by atoms with Crippen molar-refractivity contribution in [3.05, 3.63) is 41.3 Å². The minimum absolute atomic E-state index is 0.107. The highest BCUT2D eigenvalue weighted by Crippen LogP contribution is 2.36. The predicted molar refractivity (Wildman–Crippen MR) is 87.8 cm³/mol. The van der Waals surface area contributed by atoms with Gasteiger partial charge in [0.25, 0.3) is 0 Å². The molecule has 3 aromatic heterocycles. The van der Waals surface area contributed by atoms with E-state index >= 15 is 0 Å². The zero-order chi connectivity index (χ0) is 19.1. The zero-order valence-electron chi connectivity index (χ0n) is 13.9. The summed E-state index contributed by atoms with van der Waals surface area (Å²) in [4.78, 5) is 7.73. The molecule has 3 aromatic rings. The van der Waals surface area contributed by atoms with Crippen LogP contribution in [0.25, 0.3) is 0 Å².